The Labute approximate surface area is 342 Å². The van der Waals surface area contributed by atoms with Gasteiger partial charge in [0, 0.05) is 36.3 Å². The lowest BCUT2D eigenvalue weighted by Crippen LogP contribution is -2.26. The van der Waals surface area contributed by atoms with E-state index in [-0.39, 0.29) is 17.1 Å². The van der Waals surface area contributed by atoms with E-state index in [9.17, 15) is 4.79 Å². The highest BCUT2D eigenvalue weighted by molar-refractivity contribution is 7.67. The molecule has 57 heavy (non-hydrogen) atoms. The van der Waals surface area contributed by atoms with Crippen molar-refractivity contribution >= 4 is 19.0 Å². The zero-order chi connectivity index (χ0) is 41.1. The monoisotopic (exact) mass is 784 g/mol. The lowest BCUT2D eigenvalue weighted by molar-refractivity contribution is -0.119. The summed E-state index contributed by atoms with van der Waals surface area (Å²) in [6.45, 7) is 18.4. The highest BCUT2D eigenvalue weighted by atomic mass is 31.1. The van der Waals surface area contributed by atoms with Crippen LogP contribution in [0.2, 0.25) is 0 Å². The summed E-state index contributed by atoms with van der Waals surface area (Å²) < 4.78 is 23.6. The molecule has 0 N–H and O–H groups in total. The number of rotatable bonds is 13. The second kappa shape index (κ2) is 17.9. The number of Topliss-reactive ketones (excluding diaryl/α,β-unsaturated/α-hetero) is 1. The summed E-state index contributed by atoms with van der Waals surface area (Å²) in [4.78, 5) is 14.4. The maximum atomic E-state index is 14.4. The zero-order valence-electron chi connectivity index (χ0n) is 36.0. The van der Waals surface area contributed by atoms with E-state index in [0.717, 1.165) is 11.1 Å². The molecule has 0 spiro atoms. The van der Waals surface area contributed by atoms with Gasteiger partial charge in [-0.25, -0.2) is 0 Å². The van der Waals surface area contributed by atoms with Crippen molar-refractivity contribution in [1.82, 2.24) is 0 Å². The van der Waals surface area contributed by atoms with E-state index < -0.39 is 7.92 Å². The molecule has 0 aromatic heterocycles. The first kappa shape index (κ1) is 42.0. The molecule has 0 bridgehead atoms. The number of ether oxygens (including phenoxy) is 4. The Hall–Kier alpha value is -4.60. The van der Waals surface area contributed by atoms with Crippen molar-refractivity contribution in [2.24, 2.45) is 0 Å². The fraction of sp³-hybridized carbons (Fsp3) is 0.392. The maximum absolute atomic E-state index is 14.4. The number of hydrogen-bond donors (Lipinski definition) is 0. The molecule has 2 atom stereocenters. The molecule has 2 unspecified atom stereocenters. The van der Waals surface area contributed by atoms with Crippen molar-refractivity contribution in [3.8, 4) is 45.3 Å². The average Bonchev–Trinajstić information content (AvgIpc) is 3.21. The van der Waals surface area contributed by atoms with Crippen molar-refractivity contribution in [3.05, 3.63) is 124 Å². The van der Waals surface area contributed by atoms with E-state index in [0.29, 0.717) is 59.5 Å². The molecule has 1 fully saturated rings. The molecule has 5 aromatic rings. The van der Waals surface area contributed by atoms with Crippen LogP contribution in [0.3, 0.4) is 0 Å². The van der Waals surface area contributed by atoms with Crippen LogP contribution in [0.5, 0.6) is 23.0 Å². The topological polar surface area (TPSA) is 54.0 Å². The number of carbonyl (C=O) groups excluding carboxylic acids is 1. The quantitative estimate of drug-likeness (QED) is 0.111. The second-order valence-electron chi connectivity index (χ2n) is 16.6. The summed E-state index contributed by atoms with van der Waals surface area (Å²) in [5, 5.41) is 1.34. The number of ketones is 1. The minimum Gasteiger partial charge on any atom is -0.497 e. The molecule has 1 heterocycles. The Balaban J connectivity index is 1.86. The van der Waals surface area contributed by atoms with Gasteiger partial charge in [0.2, 0.25) is 0 Å². The van der Waals surface area contributed by atoms with Crippen molar-refractivity contribution in [3.63, 3.8) is 0 Å². The molecule has 0 amide bonds. The lowest BCUT2D eigenvalue weighted by Gasteiger charge is -2.42. The van der Waals surface area contributed by atoms with Gasteiger partial charge in [-0.1, -0.05) is 118 Å². The summed E-state index contributed by atoms with van der Waals surface area (Å²) >= 11 is 0. The van der Waals surface area contributed by atoms with Crippen LogP contribution in [0, 0.1) is 0 Å². The van der Waals surface area contributed by atoms with Crippen LogP contribution in [-0.4, -0.2) is 34.2 Å². The molecule has 0 radical (unpaired) electrons. The summed E-state index contributed by atoms with van der Waals surface area (Å²) in [6, 6.07) is 33.0. The van der Waals surface area contributed by atoms with Crippen LogP contribution in [0.25, 0.3) is 22.3 Å². The number of benzene rings is 5. The van der Waals surface area contributed by atoms with Gasteiger partial charge >= 0.3 is 0 Å². The Morgan fingerprint density at radius 1 is 0.474 bits per heavy atom. The lowest BCUT2D eigenvalue weighted by atomic mass is 9.82. The fourth-order valence-corrected chi connectivity index (χ4v) is 12.5. The van der Waals surface area contributed by atoms with Crippen LogP contribution in [0.4, 0.5) is 0 Å². The summed E-state index contributed by atoms with van der Waals surface area (Å²) in [7, 11) is 5.57. The van der Waals surface area contributed by atoms with Crippen LogP contribution in [0.1, 0.15) is 137 Å². The van der Waals surface area contributed by atoms with E-state index >= 15 is 0 Å². The van der Waals surface area contributed by atoms with E-state index in [2.05, 4.69) is 134 Å². The first-order chi connectivity index (χ1) is 27.3. The molecule has 6 rings (SSSR count). The zero-order valence-corrected chi connectivity index (χ0v) is 36.9. The molecular formula is C51H61O5P. The molecule has 0 aliphatic carbocycles. The van der Waals surface area contributed by atoms with Crippen LogP contribution < -0.4 is 24.3 Å². The third-order valence-electron chi connectivity index (χ3n) is 11.6. The Morgan fingerprint density at radius 3 is 1.05 bits per heavy atom. The molecule has 5 aromatic carbocycles. The molecular weight excluding hydrogens is 724 g/mol. The van der Waals surface area contributed by atoms with Gasteiger partial charge in [-0.3, -0.25) is 4.79 Å². The van der Waals surface area contributed by atoms with E-state index in [1.807, 2.05) is 12.1 Å². The molecule has 300 valence electrons. The Morgan fingerprint density at radius 2 is 0.772 bits per heavy atom. The highest BCUT2D eigenvalue weighted by Gasteiger charge is 2.43. The van der Waals surface area contributed by atoms with E-state index in [4.69, 9.17) is 18.9 Å². The van der Waals surface area contributed by atoms with Crippen LogP contribution >= 0.6 is 7.92 Å². The molecule has 0 saturated carbocycles. The number of carbonyl (C=O) groups is 1. The van der Waals surface area contributed by atoms with E-state index in [1.54, 1.807) is 28.4 Å². The molecule has 1 aliphatic rings. The third kappa shape index (κ3) is 8.51. The average molecular weight is 785 g/mol. The normalized spacial score (nSPS) is 17.1. The van der Waals surface area contributed by atoms with Gasteiger partial charge in [-0.15, -0.1) is 0 Å². The predicted octanol–water partition coefficient (Wildman–Crippen LogP) is 13.5. The third-order valence-corrected chi connectivity index (χ3v) is 14.9. The minimum atomic E-state index is -1.20. The van der Waals surface area contributed by atoms with E-state index in [1.165, 1.54) is 49.8 Å². The fourth-order valence-electron chi connectivity index (χ4n) is 8.79. The second-order valence-corrected chi connectivity index (χ2v) is 19.1. The van der Waals surface area contributed by atoms with Crippen molar-refractivity contribution in [2.75, 3.05) is 28.4 Å². The molecule has 1 aliphatic heterocycles. The molecule has 1 saturated heterocycles. The van der Waals surface area contributed by atoms with Crippen molar-refractivity contribution in [1.29, 1.82) is 0 Å². The summed E-state index contributed by atoms with van der Waals surface area (Å²) in [5.74, 6) is 4.26. The largest absolute Gasteiger partial charge is 0.497 e. The number of methoxy groups -OCH3 is 4. The standard InChI is InChI=1S/C51H61O5P/c1-30(2)41-16-13-17-42(31(3)4)49(41)45-20-15-21-46(50-43(32(5)6)18-14-19-44(50)33(7)8)51(45)57-47(34-22-37(53-9)28-38(23-34)54-10)26-36(52)27-48(57)35-24-39(55-11)29-40(25-35)56-12/h13-25,28-33,47-48H,26-27H2,1-12H3. The van der Waals surface area contributed by atoms with Gasteiger partial charge in [0.05, 0.1) is 28.4 Å². The predicted molar refractivity (Wildman–Crippen MR) is 239 cm³/mol. The summed E-state index contributed by atoms with van der Waals surface area (Å²) in [6.07, 6.45) is 0.832. The van der Waals surface area contributed by atoms with Crippen molar-refractivity contribution in [2.45, 2.75) is 103 Å². The number of hydrogen-bond acceptors (Lipinski definition) is 5. The van der Waals surface area contributed by atoms with Gasteiger partial charge in [0.1, 0.15) is 28.8 Å². The summed E-state index contributed by atoms with van der Waals surface area (Å²) in [5.41, 5.74) is 12.3. The van der Waals surface area contributed by atoms with Crippen molar-refractivity contribution < 1.29 is 23.7 Å². The first-order valence-corrected chi connectivity index (χ1v) is 21.9. The van der Waals surface area contributed by atoms with Gasteiger partial charge in [-0.05, 0) is 109 Å². The van der Waals surface area contributed by atoms with Gasteiger partial charge in [-0.2, -0.15) is 0 Å². The van der Waals surface area contributed by atoms with Gasteiger partial charge in [0.25, 0.3) is 0 Å². The molecule has 6 heteroatoms. The Kier molecular flexibility index (Phi) is 13.2. The minimum absolute atomic E-state index is 0.144. The highest BCUT2D eigenvalue weighted by Crippen LogP contribution is 2.69. The first-order valence-electron chi connectivity index (χ1n) is 20.5. The smallest absolute Gasteiger partial charge is 0.134 e. The molecule has 5 nitrogen and oxygen atoms in total. The van der Waals surface area contributed by atoms with Crippen LogP contribution in [-0.2, 0) is 4.79 Å². The SMILES string of the molecule is COc1cc(OC)cc(C2CC(=O)CC(c3cc(OC)cc(OC)c3)P2c2c(-c3c(C(C)C)cccc3C(C)C)cccc2-c2c(C(C)C)cccc2C(C)C)c1. The maximum Gasteiger partial charge on any atom is 0.134 e. The Bertz CT molecular complexity index is 1970. The van der Waals surface area contributed by atoms with Gasteiger partial charge in [0.15, 0.2) is 0 Å². The van der Waals surface area contributed by atoms with Crippen LogP contribution in [0.15, 0.2) is 91.0 Å². The van der Waals surface area contributed by atoms with Gasteiger partial charge < -0.3 is 18.9 Å².